The molecule has 0 fully saturated rings. The number of ether oxygens (including phenoxy) is 2. The Morgan fingerprint density at radius 1 is 0.889 bits per heavy atom. The van der Waals surface area contributed by atoms with Gasteiger partial charge in [0.25, 0.3) is 5.56 Å². The Morgan fingerprint density at radius 3 is 1.67 bits per heavy atom. The number of H-pyrrole nitrogens is 1. The minimum atomic E-state index is -0.536. The number of aromatic hydroxyl groups is 1. The summed E-state index contributed by atoms with van der Waals surface area (Å²) in [4.78, 5) is 68.0. The molecule has 0 spiro atoms. The van der Waals surface area contributed by atoms with Crippen LogP contribution in [0.25, 0.3) is 11.0 Å². The second-order valence-corrected chi connectivity index (χ2v) is 9.65. The largest absolute Gasteiger partial charge is 0.507 e. The highest BCUT2D eigenvalue weighted by molar-refractivity contribution is 5.91. The van der Waals surface area contributed by atoms with Crippen molar-refractivity contribution in [2.45, 2.75) is 80.1 Å². The molecule has 0 saturated heterocycles. The highest BCUT2D eigenvalue weighted by atomic mass is 16.6. The number of pyridine rings is 1. The van der Waals surface area contributed by atoms with Crippen molar-refractivity contribution in [3.63, 3.8) is 0 Å². The van der Waals surface area contributed by atoms with E-state index in [2.05, 4.69) is 45.4 Å². The third kappa shape index (κ3) is 13.4. The molecular formula is C29H44N6O10. The lowest BCUT2D eigenvalue weighted by Crippen LogP contribution is -2.13. The molecule has 0 aliphatic carbocycles. The number of fused-ring (bicyclic) bond motifs is 1. The zero-order valence-electron chi connectivity index (χ0n) is 27.5. The summed E-state index contributed by atoms with van der Waals surface area (Å²) >= 11 is 0. The highest BCUT2D eigenvalue weighted by Crippen LogP contribution is 2.31. The van der Waals surface area contributed by atoms with Crippen molar-refractivity contribution in [3.8, 4) is 5.75 Å². The number of carbonyl (C=O) groups is 2. The zero-order chi connectivity index (χ0) is 35.4. The fraction of sp³-hybridized carbons (Fsp3) is 0.552. The van der Waals surface area contributed by atoms with Gasteiger partial charge in [-0.15, -0.1) is 0 Å². The van der Waals surface area contributed by atoms with Gasteiger partial charge in [-0.25, -0.2) is 0 Å². The first kappa shape index (κ1) is 42.1. The Morgan fingerprint density at radius 2 is 1.31 bits per heavy atom. The van der Waals surface area contributed by atoms with Crippen LogP contribution < -0.4 is 11.3 Å². The lowest BCUT2D eigenvalue weighted by Gasteiger charge is -2.03. The van der Waals surface area contributed by atoms with Crippen molar-refractivity contribution in [3.05, 3.63) is 32.9 Å². The lowest BCUT2D eigenvalue weighted by molar-refractivity contribution is -0.193. The molecular weight excluding hydrogens is 592 g/mol. The molecule has 16 nitrogen and oxygen atoms in total. The fourth-order valence-electron chi connectivity index (χ4n) is 3.79. The van der Waals surface area contributed by atoms with Crippen LogP contribution in [0, 0.1) is 6.92 Å². The zero-order valence-corrected chi connectivity index (χ0v) is 27.5. The van der Waals surface area contributed by atoms with Crippen molar-refractivity contribution in [1.82, 2.24) is 24.5 Å². The van der Waals surface area contributed by atoms with Gasteiger partial charge in [-0.2, -0.15) is 29.4 Å². The second kappa shape index (κ2) is 21.6. The first-order chi connectivity index (χ1) is 21.0. The first-order valence-corrected chi connectivity index (χ1v) is 13.9. The summed E-state index contributed by atoms with van der Waals surface area (Å²) < 4.78 is 12.4. The summed E-state index contributed by atoms with van der Waals surface area (Å²) in [6.45, 7) is 15.9. The normalized spacial score (nSPS) is 9.60. The van der Waals surface area contributed by atoms with E-state index in [-0.39, 0.29) is 49.2 Å². The van der Waals surface area contributed by atoms with Crippen LogP contribution in [0.5, 0.6) is 5.75 Å². The van der Waals surface area contributed by atoms with Gasteiger partial charge >= 0.3 is 24.2 Å². The third-order valence-corrected chi connectivity index (χ3v) is 5.81. The van der Waals surface area contributed by atoms with Gasteiger partial charge in [-0.05, 0) is 39.0 Å². The van der Waals surface area contributed by atoms with E-state index in [4.69, 9.17) is 24.9 Å². The SMILES string of the molecule is CCOC(=O)CC(=O)OCC.CCc1c(C(C)C)nn(C)c1N.Cc1c(O)c2c(C(C)C)nn(C)c2[nH]c1=O.O=C=O.O=C=O. The standard InChI is InChI=1S/C11H15N3O2.C9H17N3.C7H12O4.2CO2/c1-5(2)8-7-9(15)6(3)11(16)12-10(7)14(4)13-8;1-5-7-8(6(2)3)11-12(4)9(7)10;1-3-10-6(8)5-7(9)11-4-2;2*2-1-3/h5H,1-4H3,(H2,12,15,16);6H,5,10H2,1-4H3;3-5H2,1-2H3;;. The summed E-state index contributed by atoms with van der Waals surface area (Å²) in [7, 11) is 3.64. The molecule has 0 saturated carbocycles. The average Bonchev–Trinajstić information content (AvgIpc) is 3.44. The number of nitrogens with one attached hydrogen (secondary N) is 1. The Hall–Kier alpha value is -5.07. The Kier molecular flexibility index (Phi) is 20.2. The van der Waals surface area contributed by atoms with E-state index in [1.54, 1.807) is 37.2 Å². The summed E-state index contributed by atoms with van der Waals surface area (Å²) in [5.74, 6) is 0.428. The van der Waals surface area contributed by atoms with Crippen molar-refractivity contribution in [2.24, 2.45) is 14.1 Å². The lowest BCUT2D eigenvalue weighted by atomic mass is 10.0. The Bertz CT molecular complexity index is 1480. The number of esters is 2. The van der Waals surface area contributed by atoms with Gasteiger partial charge in [0.2, 0.25) is 0 Å². The van der Waals surface area contributed by atoms with E-state index in [9.17, 15) is 19.5 Å². The number of aromatic nitrogens is 5. The van der Waals surface area contributed by atoms with Gasteiger partial charge in [0.15, 0.2) is 0 Å². The summed E-state index contributed by atoms with van der Waals surface area (Å²) in [5, 5.41) is 19.3. The number of aromatic amines is 1. The molecule has 0 bridgehead atoms. The summed E-state index contributed by atoms with van der Waals surface area (Å²) in [6, 6.07) is 0. The molecule has 0 radical (unpaired) electrons. The van der Waals surface area contributed by atoms with Gasteiger partial charge in [0.1, 0.15) is 23.6 Å². The summed E-state index contributed by atoms with van der Waals surface area (Å²) in [6.07, 6.45) is 1.18. The van der Waals surface area contributed by atoms with Crippen molar-refractivity contribution in [2.75, 3.05) is 18.9 Å². The first-order valence-electron chi connectivity index (χ1n) is 13.9. The molecule has 3 aromatic rings. The highest BCUT2D eigenvalue weighted by Gasteiger charge is 2.19. The number of hydrogen-bond acceptors (Lipinski definition) is 13. The molecule has 3 rings (SSSR count). The maximum atomic E-state index is 11.5. The predicted octanol–water partition coefficient (Wildman–Crippen LogP) is 2.42. The summed E-state index contributed by atoms with van der Waals surface area (Å²) in [5.41, 5.74) is 9.62. The van der Waals surface area contributed by atoms with Crippen molar-refractivity contribution in [1.29, 1.82) is 0 Å². The number of carbonyl (C=O) groups excluding carboxylic acids is 6. The quantitative estimate of drug-likeness (QED) is 0.250. The van der Waals surface area contributed by atoms with Crippen LogP contribution in [0.2, 0.25) is 0 Å². The smallest absolute Gasteiger partial charge is 0.373 e. The van der Waals surface area contributed by atoms with E-state index in [1.807, 2.05) is 20.9 Å². The number of nitrogens with zero attached hydrogens (tertiary/aromatic N) is 4. The van der Waals surface area contributed by atoms with E-state index in [0.717, 1.165) is 23.6 Å². The van der Waals surface area contributed by atoms with Crippen LogP contribution in [0.4, 0.5) is 5.82 Å². The number of nitrogens with two attached hydrogens (primary N) is 1. The number of anilines is 1. The molecule has 0 aliphatic heterocycles. The van der Waals surface area contributed by atoms with Crippen molar-refractivity contribution < 1.29 is 43.3 Å². The van der Waals surface area contributed by atoms with E-state index in [0.29, 0.717) is 22.5 Å². The van der Waals surface area contributed by atoms with Crippen LogP contribution in [-0.4, -0.2) is 67.1 Å². The van der Waals surface area contributed by atoms with Gasteiger partial charge in [0, 0.05) is 19.7 Å². The number of nitrogen functional groups attached to an aromatic ring is 1. The van der Waals surface area contributed by atoms with Gasteiger partial charge in [-0.3, -0.25) is 23.7 Å². The van der Waals surface area contributed by atoms with E-state index < -0.39 is 11.9 Å². The van der Waals surface area contributed by atoms with Gasteiger partial charge in [-0.1, -0.05) is 34.6 Å². The minimum Gasteiger partial charge on any atom is -0.507 e. The van der Waals surface area contributed by atoms with Gasteiger partial charge in [0.05, 0.1) is 35.6 Å². The van der Waals surface area contributed by atoms with Gasteiger partial charge < -0.3 is 25.3 Å². The second-order valence-electron chi connectivity index (χ2n) is 9.65. The molecule has 0 unspecified atom stereocenters. The van der Waals surface area contributed by atoms with E-state index in [1.165, 1.54) is 5.56 Å². The number of aryl methyl sites for hydroxylation is 2. The maximum absolute atomic E-state index is 11.5. The molecule has 16 heteroatoms. The minimum absolute atomic E-state index is 0.0375. The van der Waals surface area contributed by atoms with E-state index >= 15 is 0 Å². The molecule has 0 amide bonds. The van der Waals surface area contributed by atoms with Crippen molar-refractivity contribution >= 4 is 41.1 Å². The molecule has 250 valence electrons. The number of hydrogen-bond donors (Lipinski definition) is 3. The average molecular weight is 637 g/mol. The third-order valence-electron chi connectivity index (χ3n) is 5.81. The van der Waals surface area contributed by atoms with Crippen LogP contribution in [0.15, 0.2) is 4.79 Å². The molecule has 0 aliphatic rings. The molecule has 3 aromatic heterocycles. The fourth-order valence-corrected chi connectivity index (χ4v) is 3.79. The van der Waals surface area contributed by atoms with Crippen LogP contribution >= 0.6 is 0 Å². The molecule has 45 heavy (non-hydrogen) atoms. The maximum Gasteiger partial charge on any atom is 0.373 e. The van der Waals surface area contributed by atoms with Crippen LogP contribution in [0.1, 0.15) is 89.2 Å². The number of rotatable bonds is 7. The van der Waals surface area contributed by atoms with Crippen LogP contribution in [-0.2, 0) is 58.8 Å². The molecule has 4 N–H and O–H groups in total. The molecule has 0 aromatic carbocycles. The molecule has 3 heterocycles. The topological polar surface area (TPSA) is 236 Å². The molecule has 0 atom stereocenters. The monoisotopic (exact) mass is 636 g/mol. The Labute approximate surface area is 260 Å². The predicted molar refractivity (Wildman–Crippen MR) is 161 cm³/mol. The Balaban J connectivity index is 0. The van der Waals surface area contributed by atoms with Crippen LogP contribution in [0.3, 0.4) is 0 Å².